The molecule has 0 N–H and O–H groups in total. The summed E-state index contributed by atoms with van der Waals surface area (Å²) in [6, 6.07) is 4.82. The van der Waals surface area contributed by atoms with Crippen LogP contribution in [0.4, 0.5) is 5.69 Å². The van der Waals surface area contributed by atoms with E-state index in [-0.39, 0.29) is 10.7 Å². The van der Waals surface area contributed by atoms with Gasteiger partial charge in [-0.2, -0.15) is 5.10 Å². The first kappa shape index (κ1) is 13.5. The minimum atomic E-state index is -0.474. The molecule has 1 aromatic carbocycles. The second-order valence-electron chi connectivity index (χ2n) is 4.50. The van der Waals surface area contributed by atoms with Crippen molar-refractivity contribution >= 4 is 17.3 Å². The second-order valence-corrected chi connectivity index (χ2v) is 4.90. The van der Waals surface area contributed by atoms with Crippen LogP contribution in [0.2, 0.25) is 5.02 Å². The molecule has 2 aromatic rings. The predicted molar refractivity (Wildman–Crippen MR) is 73.6 cm³/mol. The maximum absolute atomic E-state index is 10.9. The number of benzene rings is 1. The molecule has 0 saturated carbocycles. The van der Waals surface area contributed by atoms with Gasteiger partial charge in [0.25, 0.3) is 5.69 Å². The molecule has 0 spiro atoms. The number of rotatable bonds is 3. The predicted octanol–water partition coefficient (Wildman–Crippen LogP) is 3.42. The Morgan fingerprint density at radius 2 is 2.05 bits per heavy atom. The summed E-state index contributed by atoms with van der Waals surface area (Å²) in [7, 11) is 0. The van der Waals surface area contributed by atoms with Gasteiger partial charge in [0.15, 0.2) is 0 Å². The highest BCUT2D eigenvalue weighted by Crippen LogP contribution is 2.25. The number of aryl methyl sites for hydroxylation is 1. The van der Waals surface area contributed by atoms with E-state index in [0.717, 1.165) is 22.5 Å². The molecule has 0 aliphatic carbocycles. The van der Waals surface area contributed by atoms with Crippen LogP contribution in [0.15, 0.2) is 18.2 Å². The molecule has 0 radical (unpaired) electrons. The molecule has 100 valence electrons. The van der Waals surface area contributed by atoms with Crippen molar-refractivity contribution in [2.45, 2.75) is 27.3 Å². The van der Waals surface area contributed by atoms with Crippen LogP contribution in [0.3, 0.4) is 0 Å². The van der Waals surface area contributed by atoms with Gasteiger partial charge in [0.2, 0.25) is 0 Å². The summed E-state index contributed by atoms with van der Waals surface area (Å²) < 4.78 is 1.84. The summed E-state index contributed by atoms with van der Waals surface area (Å²) in [6.45, 7) is 6.44. The Balaban J connectivity index is 2.36. The fraction of sp³-hybridized carbons (Fsp3) is 0.308. The molecule has 0 atom stereocenters. The lowest BCUT2D eigenvalue weighted by Gasteiger charge is -2.05. The quantitative estimate of drug-likeness (QED) is 0.639. The summed E-state index contributed by atoms with van der Waals surface area (Å²) in [4.78, 5) is 10.4. The molecule has 1 heterocycles. The molecule has 0 aliphatic heterocycles. The maximum Gasteiger partial charge on any atom is 0.288 e. The van der Waals surface area contributed by atoms with E-state index in [2.05, 4.69) is 5.10 Å². The van der Waals surface area contributed by atoms with Gasteiger partial charge in [0.1, 0.15) is 5.02 Å². The fourth-order valence-electron chi connectivity index (χ4n) is 1.91. The normalized spacial score (nSPS) is 10.7. The van der Waals surface area contributed by atoms with Crippen LogP contribution in [0.5, 0.6) is 0 Å². The topological polar surface area (TPSA) is 61.0 Å². The average Bonchev–Trinajstić information content (AvgIpc) is 2.59. The van der Waals surface area contributed by atoms with Gasteiger partial charge in [0, 0.05) is 11.8 Å². The largest absolute Gasteiger partial charge is 0.288 e. The highest BCUT2D eigenvalue weighted by Gasteiger charge is 2.14. The van der Waals surface area contributed by atoms with Gasteiger partial charge in [-0.1, -0.05) is 17.7 Å². The third kappa shape index (κ3) is 2.61. The zero-order valence-corrected chi connectivity index (χ0v) is 11.7. The summed E-state index contributed by atoms with van der Waals surface area (Å²) >= 11 is 5.79. The molecular formula is C13H14ClN3O2. The molecule has 0 saturated heterocycles. The molecule has 0 aliphatic rings. The SMILES string of the molecule is Cc1nn(Cc2ccc(Cl)c([N+](=O)[O-])c2)c(C)c1C. The van der Waals surface area contributed by atoms with E-state index in [1.54, 1.807) is 12.1 Å². The molecule has 2 rings (SSSR count). The van der Waals surface area contributed by atoms with Crippen molar-refractivity contribution in [3.05, 3.63) is 55.9 Å². The first-order valence-corrected chi connectivity index (χ1v) is 6.21. The fourth-order valence-corrected chi connectivity index (χ4v) is 2.10. The summed E-state index contributed by atoms with van der Waals surface area (Å²) in [5.74, 6) is 0. The van der Waals surface area contributed by atoms with Gasteiger partial charge in [-0.25, -0.2) is 0 Å². The van der Waals surface area contributed by atoms with E-state index in [1.807, 2.05) is 25.5 Å². The zero-order chi connectivity index (χ0) is 14.2. The third-order valence-electron chi connectivity index (χ3n) is 3.28. The van der Waals surface area contributed by atoms with Gasteiger partial charge >= 0.3 is 0 Å². The molecule has 1 aromatic heterocycles. The first-order valence-electron chi connectivity index (χ1n) is 5.83. The summed E-state index contributed by atoms with van der Waals surface area (Å²) in [6.07, 6.45) is 0. The molecule has 5 nitrogen and oxygen atoms in total. The number of halogens is 1. The number of nitro groups is 1. The standard InChI is InChI=1S/C13H14ClN3O2/c1-8-9(2)15-16(10(8)3)7-11-4-5-12(14)13(6-11)17(18)19/h4-6H,7H2,1-3H3. The van der Waals surface area contributed by atoms with Crippen molar-refractivity contribution in [2.75, 3.05) is 0 Å². The zero-order valence-electron chi connectivity index (χ0n) is 11.0. The number of nitro benzene ring substituents is 1. The minimum absolute atomic E-state index is 0.0718. The van der Waals surface area contributed by atoms with Crippen LogP contribution >= 0.6 is 11.6 Å². The van der Waals surface area contributed by atoms with E-state index >= 15 is 0 Å². The lowest BCUT2D eigenvalue weighted by molar-refractivity contribution is -0.384. The second kappa shape index (κ2) is 5.01. The highest BCUT2D eigenvalue weighted by molar-refractivity contribution is 6.32. The monoisotopic (exact) mass is 279 g/mol. The molecule has 19 heavy (non-hydrogen) atoms. The third-order valence-corrected chi connectivity index (χ3v) is 3.60. The van der Waals surface area contributed by atoms with Crippen LogP contribution in [0, 0.1) is 30.9 Å². The van der Waals surface area contributed by atoms with Crippen LogP contribution in [-0.2, 0) is 6.54 Å². The Bertz CT molecular complexity index is 650. The van der Waals surface area contributed by atoms with Crippen molar-refractivity contribution in [3.8, 4) is 0 Å². The Morgan fingerprint density at radius 1 is 1.37 bits per heavy atom. The maximum atomic E-state index is 10.9. The average molecular weight is 280 g/mol. The van der Waals surface area contributed by atoms with Gasteiger partial charge in [-0.15, -0.1) is 0 Å². The van der Waals surface area contributed by atoms with Crippen molar-refractivity contribution < 1.29 is 4.92 Å². The molecule has 6 heteroatoms. The lowest BCUT2D eigenvalue weighted by Crippen LogP contribution is -2.04. The van der Waals surface area contributed by atoms with Crippen molar-refractivity contribution in [3.63, 3.8) is 0 Å². The Hall–Kier alpha value is -1.88. The van der Waals surface area contributed by atoms with E-state index in [1.165, 1.54) is 6.07 Å². The molecule has 0 bridgehead atoms. The van der Waals surface area contributed by atoms with Crippen LogP contribution in [0.1, 0.15) is 22.5 Å². The number of nitrogens with zero attached hydrogens (tertiary/aromatic N) is 3. The summed E-state index contributed by atoms with van der Waals surface area (Å²) in [5.41, 5.74) is 3.92. The minimum Gasteiger partial charge on any atom is -0.265 e. The molecular weight excluding hydrogens is 266 g/mol. The van der Waals surface area contributed by atoms with E-state index in [0.29, 0.717) is 6.54 Å². The number of hydrogen-bond donors (Lipinski definition) is 0. The van der Waals surface area contributed by atoms with Crippen molar-refractivity contribution in [2.24, 2.45) is 0 Å². The van der Waals surface area contributed by atoms with Gasteiger partial charge < -0.3 is 0 Å². The molecule has 0 fully saturated rings. The smallest absolute Gasteiger partial charge is 0.265 e. The Morgan fingerprint density at radius 3 is 2.58 bits per heavy atom. The van der Waals surface area contributed by atoms with Gasteiger partial charge in [-0.05, 0) is 38.0 Å². The van der Waals surface area contributed by atoms with E-state index in [4.69, 9.17) is 11.6 Å². The molecule has 0 amide bonds. The Labute approximate surface area is 116 Å². The molecule has 0 unspecified atom stereocenters. The number of aromatic nitrogens is 2. The van der Waals surface area contributed by atoms with Crippen molar-refractivity contribution in [1.82, 2.24) is 9.78 Å². The van der Waals surface area contributed by atoms with E-state index in [9.17, 15) is 10.1 Å². The lowest BCUT2D eigenvalue weighted by atomic mass is 10.2. The van der Waals surface area contributed by atoms with Gasteiger partial charge in [0.05, 0.1) is 17.2 Å². The highest BCUT2D eigenvalue weighted by atomic mass is 35.5. The summed E-state index contributed by atoms with van der Waals surface area (Å²) in [5, 5.41) is 15.4. The van der Waals surface area contributed by atoms with Crippen LogP contribution in [-0.4, -0.2) is 14.7 Å². The van der Waals surface area contributed by atoms with E-state index < -0.39 is 4.92 Å². The number of hydrogen-bond acceptors (Lipinski definition) is 3. The Kier molecular flexibility index (Phi) is 3.57. The first-order chi connectivity index (χ1) is 8.90. The van der Waals surface area contributed by atoms with Crippen LogP contribution < -0.4 is 0 Å². The van der Waals surface area contributed by atoms with Crippen molar-refractivity contribution in [1.29, 1.82) is 0 Å². The van der Waals surface area contributed by atoms with Crippen LogP contribution in [0.25, 0.3) is 0 Å². The van der Waals surface area contributed by atoms with Gasteiger partial charge in [-0.3, -0.25) is 14.8 Å².